The number of imide groups is 1. The first-order chi connectivity index (χ1) is 26.3. The number of benzene rings is 7. The highest BCUT2D eigenvalue weighted by atomic mass is 16.2. The van der Waals surface area contributed by atoms with Crippen LogP contribution in [0.3, 0.4) is 0 Å². The summed E-state index contributed by atoms with van der Waals surface area (Å²) in [5.74, 6) is -1.84. The van der Waals surface area contributed by atoms with Crippen LogP contribution in [0, 0.1) is 0 Å². The normalized spacial score (nSPS) is 13.0. The minimum atomic E-state index is -0.720. The fraction of sp³-hybridized carbons (Fsp3) is 0.250. The Kier molecular flexibility index (Phi) is 8.71. The second kappa shape index (κ2) is 13.3. The minimum absolute atomic E-state index is 0.00975. The summed E-state index contributed by atoms with van der Waals surface area (Å²) >= 11 is 0. The van der Waals surface area contributed by atoms with Gasteiger partial charge in [0.05, 0.1) is 16.7 Å². The van der Waals surface area contributed by atoms with E-state index >= 15 is 9.59 Å². The SMILES string of the molecule is CC(C)c1cccc(NC(=O)c2c3c4c(ccc5c6cccc7cccc(c(c2C(=O)Nc2cccc(C(C)C)c2C(C)C)c45)c76)C(=O)NC3=O)c1C(C)C. The highest BCUT2D eigenvalue weighted by Gasteiger charge is 2.37. The Morgan fingerprint density at radius 3 is 1.55 bits per heavy atom. The highest BCUT2D eigenvalue weighted by molar-refractivity contribution is 6.44. The van der Waals surface area contributed by atoms with Gasteiger partial charge in [0, 0.05) is 27.7 Å². The van der Waals surface area contributed by atoms with Gasteiger partial charge in [-0.3, -0.25) is 24.5 Å². The smallest absolute Gasteiger partial charge is 0.259 e. The van der Waals surface area contributed by atoms with E-state index in [1.54, 1.807) is 6.07 Å². The second-order valence-corrected chi connectivity index (χ2v) is 16.0. The molecule has 55 heavy (non-hydrogen) atoms. The molecule has 7 aromatic carbocycles. The zero-order chi connectivity index (χ0) is 39.0. The van der Waals surface area contributed by atoms with Crippen LogP contribution < -0.4 is 16.0 Å². The van der Waals surface area contributed by atoms with Crippen LogP contribution in [-0.4, -0.2) is 23.6 Å². The number of anilines is 2. The molecule has 0 bridgehead atoms. The van der Waals surface area contributed by atoms with Gasteiger partial charge in [-0.15, -0.1) is 0 Å². The summed E-state index contributed by atoms with van der Waals surface area (Å²) < 4.78 is 0. The molecule has 0 aliphatic carbocycles. The Labute approximate surface area is 320 Å². The van der Waals surface area contributed by atoms with Crippen LogP contribution in [0.5, 0.6) is 0 Å². The first-order valence-electron chi connectivity index (χ1n) is 19.2. The Morgan fingerprint density at radius 1 is 0.491 bits per heavy atom. The maximum Gasteiger partial charge on any atom is 0.259 e. The number of nitrogens with one attached hydrogen (secondary N) is 3. The van der Waals surface area contributed by atoms with Gasteiger partial charge in [-0.1, -0.05) is 122 Å². The van der Waals surface area contributed by atoms with E-state index in [2.05, 4.69) is 83.5 Å². The molecule has 0 fully saturated rings. The minimum Gasteiger partial charge on any atom is -0.322 e. The molecule has 8 rings (SSSR count). The van der Waals surface area contributed by atoms with E-state index in [9.17, 15) is 9.59 Å². The van der Waals surface area contributed by atoms with Gasteiger partial charge in [-0.05, 0) is 96.4 Å². The molecule has 276 valence electrons. The van der Waals surface area contributed by atoms with E-state index in [4.69, 9.17) is 0 Å². The molecule has 0 saturated carbocycles. The van der Waals surface area contributed by atoms with Crippen LogP contribution in [0.15, 0.2) is 84.9 Å². The highest BCUT2D eigenvalue weighted by Crippen LogP contribution is 2.47. The number of fused-ring (bicyclic) bond motifs is 2. The number of amides is 4. The van der Waals surface area contributed by atoms with Crippen LogP contribution in [0.1, 0.15) is 143 Å². The van der Waals surface area contributed by atoms with Crippen LogP contribution in [-0.2, 0) is 0 Å². The number of carbonyl (C=O) groups is 4. The predicted molar refractivity (Wildman–Crippen MR) is 225 cm³/mol. The van der Waals surface area contributed by atoms with E-state index in [0.717, 1.165) is 49.2 Å². The average Bonchev–Trinajstić information content (AvgIpc) is 3.14. The van der Waals surface area contributed by atoms with Crippen molar-refractivity contribution < 1.29 is 19.2 Å². The first-order valence-corrected chi connectivity index (χ1v) is 19.2. The third-order valence-corrected chi connectivity index (χ3v) is 11.2. The lowest BCUT2D eigenvalue weighted by Gasteiger charge is -2.27. The number of hydrogen-bond donors (Lipinski definition) is 3. The van der Waals surface area contributed by atoms with Gasteiger partial charge >= 0.3 is 0 Å². The second-order valence-electron chi connectivity index (χ2n) is 16.0. The van der Waals surface area contributed by atoms with Crippen molar-refractivity contribution in [3.63, 3.8) is 0 Å². The van der Waals surface area contributed by atoms with Crippen molar-refractivity contribution in [2.24, 2.45) is 0 Å². The molecule has 0 unspecified atom stereocenters. The van der Waals surface area contributed by atoms with Crippen LogP contribution in [0.2, 0.25) is 0 Å². The fourth-order valence-corrected chi connectivity index (χ4v) is 9.04. The van der Waals surface area contributed by atoms with Crippen molar-refractivity contribution in [2.75, 3.05) is 10.6 Å². The molecule has 0 spiro atoms. The Bertz CT molecular complexity index is 2770. The lowest BCUT2D eigenvalue weighted by Crippen LogP contribution is -2.37. The summed E-state index contributed by atoms with van der Waals surface area (Å²) in [6.45, 7) is 16.9. The van der Waals surface area contributed by atoms with E-state index in [0.29, 0.717) is 27.5 Å². The average molecular weight is 728 g/mol. The van der Waals surface area contributed by atoms with E-state index in [-0.39, 0.29) is 45.9 Å². The molecule has 1 aliphatic heterocycles. The summed E-state index contributed by atoms with van der Waals surface area (Å²) in [5.41, 5.74) is 5.78. The van der Waals surface area contributed by atoms with Crippen molar-refractivity contribution in [1.82, 2.24) is 5.32 Å². The third kappa shape index (κ3) is 5.55. The summed E-state index contributed by atoms with van der Waals surface area (Å²) in [6.07, 6.45) is 0. The van der Waals surface area contributed by atoms with Crippen molar-refractivity contribution >= 4 is 78.1 Å². The third-order valence-electron chi connectivity index (χ3n) is 11.2. The molecular formula is C48H45N3O4. The van der Waals surface area contributed by atoms with Crippen LogP contribution >= 0.6 is 0 Å². The summed E-state index contributed by atoms with van der Waals surface area (Å²) in [6, 6.07) is 27.4. The molecule has 7 aromatic rings. The molecule has 3 N–H and O–H groups in total. The van der Waals surface area contributed by atoms with Crippen molar-refractivity contribution in [2.45, 2.75) is 79.1 Å². The summed E-state index contributed by atoms with van der Waals surface area (Å²) in [5, 5.41) is 14.8. The molecular weight excluding hydrogens is 683 g/mol. The molecule has 7 heteroatoms. The maximum atomic E-state index is 15.4. The lowest BCUT2D eigenvalue weighted by atomic mass is 9.79. The van der Waals surface area contributed by atoms with E-state index in [1.807, 2.05) is 66.7 Å². The van der Waals surface area contributed by atoms with Gasteiger partial charge in [-0.25, -0.2) is 0 Å². The van der Waals surface area contributed by atoms with Crippen LogP contribution in [0.4, 0.5) is 11.4 Å². The maximum absolute atomic E-state index is 15.4. The quantitative estimate of drug-likeness (QED) is 0.0823. The number of carbonyl (C=O) groups excluding carboxylic acids is 4. The van der Waals surface area contributed by atoms with E-state index in [1.165, 1.54) is 0 Å². The van der Waals surface area contributed by atoms with Gasteiger partial charge in [0.25, 0.3) is 23.6 Å². The van der Waals surface area contributed by atoms with Gasteiger partial charge in [0.1, 0.15) is 0 Å². The Balaban J connectivity index is 1.52. The zero-order valence-corrected chi connectivity index (χ0v) is 32.5. The number of hydrogen-bond acceptors (Lipinski definition) is 4. The van der Waals surface area contributed by atoms with E-state index < -0.39 is 23.6 Å². The van der Waals surface area contributed by atoms with Gasteiger partial charge in [-0.2, -0.15) is 0 Å². The lowest BCUT2D eigenvalue weighted by molar-refractivity contribution is 0.0839. The fourth-order valence-electron chi connectivity index (χ4n) is 9.04. The molecule has 7 nitrogen and oxygen atoms in total. The molecule has 0 radical (unpaired) electrons. The van der Waals surface area contributed by atoms with Gasteiger partial charge in [0.15, 0.2) is 0 Å². The standard InChI is InChI=1S/C48H45N3O4/c1-23(2)28-15-11-19-34(36(28)25(5)6)49-46(53)42-40-32-18-10-14-27-13-9-17-30(38(27)32)31-21-22-33-41(39(31)40)43(48(55)51-45(33)52)44(42)47(54)50-35-20-12-16-29(24(3)4)37(35)26(7)8/h9-26H,1-8H3,(H,49,53)(H,50,54)(H,51,52,55). The van der Waals surface area contributed by atoms with Crippen LogP contribution in [0.25, 0.3) is 43.1 Å². The first kappa shape index (κ1) is 35.9. The van der Waals surface area contributed by atoms with Gasteiger partial charge < -0.3 is 10.6 Å². The predicted octanol–water partition coefficient (Wildman–Crippen LogP) is 11.6. The molecule has 1 heterocycles. The topological polar surface area (TPSA) is 104 Å². The zero-order valence-electron chi connectivity index (χ0n) is 32.5. The molecule has 0 aromatic heterocycles. The molecule has 4 amide bonds. The Hall–Kier alpha value is -6.08. The largest absolute Gasteiger partial charge is 0.322 e. The number of rotatable bonds is 8. The van der Waals surface area contributed by atoms with Crippen molar-refractivity contribution in [1.29, 1.82) is 0 Å². The van der Waals surface area contributed by atoms with Crippen molar-refractivity contribution in [3.8, 4) is 0 Å². The summed E-state index contributed by atoms with van der Waals surface area (Å²) in [4.78, 5) is 58.5. The van der Waals surface area contributed by atoms with Crippen molar-refractivity contribution in [3.05, 3.63) is 129 Å². The summed E-state index contributed by atoms with van der Waals surface area (Å²) in [7, 11) is 0. The monoisotopic (exact) mass is 727 g/mol. The molecule has 1 aliphatic rings. The van der Waals surface area contributed by atoms with Gasteiger partial charge in [0.2, 0.25) is 0 Å². The molecule has 0 saturated heterocycles. The molecule has 0 atom stereocenters. The Morgan fingerprint density at radius 2 is 1.00 bits per heavy atom.